The molecule has 0 aliphatic heterocycles. The van der Waals surface area contributed by atoms with Crippen LogP contribution in [0.5, 0.6) is 0 Å². The number of carbonyl (C=O) groups excluding carboxylic acids is 1. The van der Waals surface area contributed by atoms with Gasteiger partial charge in [-0.2, -0.15) is 0 Å². The van der Waals surface area contributed by atoms with Crippen LogP contribution in [0.25, 0.3) is 0 Å². The van der Waals surface area contributed by atoms with Crippen molar-refractivity contribution in [3.8, 4) is 12.3 Å². The van der Waals surface area contributed by atoms with E-state index in [2.05, 4.69) is 11.2 Å². The summed E-state index contributed by atoms with van der Waals surface area (Å²) in [6.07, 6.45) is 9.22. The molecule has 3 heteroatoms. The molecule has 1 rings (SSSR count). The number of amides is 1. The van der Waals surface area contributed by atoms with E-state index in [4.69, 9.17) is 12.2 Å². The first-order chi connectivity index (χ1) is 7.22. The molecule has 3 atom stereocenters. The first kappa shape index (κ1) is 12.1. The summed E-state index contributed by atoms with van der Waals surface area (Å²) in [4.78, 5) is 11.9. The number of hydrogen-bond acceptors (Lipinski definition) is 2. The van der Waals surface area contributed by atoms with Gasteiger partial charge in [0.05, 0.1) is 6.04 Å². The number of nitrogens with one attached hydrogen (secondary N) is 1. The lowest BCUT2D eigenvalue weighted by atomic mass is 9.95. The van der Waals surface area contributed by atoms with Crippen LogP contribution in [-0.4, -0.2) is 18.5 Å². The highest BCUT2D eigenvalue weighted by atomic mass is 16.1. The molecule has 0 aromatic carbocycles. The van der Waals surface area contributed by atoms with Crippen LogP contribution in [0.2, 0.25) is 0 Å². The lowest BCUT2D eigenvalue weighted by molar-refractivity contribution is -0.126. The van der Waals surface area contributed by atoms with Gasteiger partial charge >= 0.3 is 0 Å². The Morgan fingerprint density at radius 2 is 2.40 bits per heavy atom. The van der Waals surface area contributed by atoms with E-state index in [9.17, 15) is 4.79 Å². The molecule has 1 saturated carbocycles. The Kier molecular flexibility index (Phi) is 4.64. The van der Waals surface area contributed by atoms with Gasteiger partial charge in [-0.1, -0.05) is 19.3 Å². The molecular weight excluding hydrogens is 188 g/mol. The SMILES string of the molecule is C#CC(CC)NC(=O)C1CCCC1CN. The highest BCUT2D eigenvalue weighted by molar-refractivity contribution is 5.79. The van der Waals surface area contributed by atoms with Gasteiger partial charge in [0, 0.05) is 5.92 Å². The van der Waals surface area contributed by atoms with E-state index in [1.807, 2.05) is 6.92 Å². The van der Waals surface area contributed by atoms with E-state index < -0.39 is 0 Å². The van der Waals surface area contributed by atoms with E-state index in [0.717, 1.165) is 25.7 Å². The van der Waals surface area contributed by atoms with Crippen LogP contribution in [0.1, 0.15) is 32.6 Å². The minimum Gasteiger partial charge on any atom is -0.342 e. The summed E-state index contributed by atoms with van der Waals surface area (Å²) in [5.41, 5.74) is 5.64. The van der Waals surface area contributed by atoms with Gasteiger partial charge in [-0.05, 0) is 31.7 Å². The molecule has 0 bridgehead atoms. The molecule has 1 aliphatic carbocycles. The second-order valence-corrected chi connectivity index (χ2v) is 4.17. The Labute approximate surface area is 91.8 Å². The molecule has 0 spiro atoms. The molecule has 1 amide bonds. The maximum atomic E-state index is 11.9. The van der Waals surface area contributed by atoms with Crippen molar-refractivity contribution in [2.45, 2.75) is 38.6 Å². The molecule has 0 saturated heterocycles. The summed E-state index contributed by atoms with van der Waals surface area (Å²) in [5, 5.41) is 2.89. The van der Waals surface area contributed by atoms with Gasteiger partial charge in [-0.15, -0.1) is 6.42 Å². The number of hydrogen-bond donors (Lipinski definition) is 2. The quantitative estimate of drug-likeness (QED) is 0.674. The van der Waals surface area contributed by atoms with Crippen molar-refractivity contribution in [1.82, 2.24) is 5.32 Å². The van der Waals surface area contributed by atoms with E-state index in [0.29, 0.717) is 12.5 Å². The minimum atomic E-state index is -0.128. The van der Waals surface area contributed by atoms with Crippen molar-refractivity contribution in [1.29, 1.82) is 0 Å². The Balaban J connectivity index is 2.49. The molecule has 0 aromatic rings. The summed E-state index contributed by atoms with van der Waals surface area (Å²) in [7, 11) is 0. The fraction of sp³-hybridized carbons (Fsp3) is 0.750. The summed E-state index contributed by atoms with van der Waals surface area (Å²) >= 11 is 0. The van der Waals surface area contributed by atoms with Gasteiger partial charge in [0.1, 0.15) is 0 Å². The van der Waals surface area contributed by atoms with Crippen LogP contribution in [0.15, 0.2) is 0 Å². The third kappa shape index (κ3) is 2.97. The molecular formula is C12H20N2O. The Morgan fingerprint density at radius 1 is 1.67 bits per heavy atom. The summed E-state index contributed by atoms with van der Waals surface area (Å²) < 4.78 is 0. The number of terminal acetylenes is 1. The smallest absolute Gasteiger partial charge is 0.224 e. The fourth-order valence-electron chi connectivity index (χ4n) is 2.20. The molecule has 3 nitrogen and oxygen atoms in total. The van der Waals surface area contributed by atoms with Gasteiger partial charge in [-0.25, -0.2) is 0 Å². The van der Waals surface area contributed by atoms with Crippen molar-refractivity contribution in [3.05, 3.63) is 0 Å². The van der Waals surface area contributed by atoms with Crippen molar-refractivity contribution < 1.29 is 4.79 Å². The molecule has 0 heterocycles. The van der Waals surface area contributed by atoms with Crippen LogP contribution in [0.3, 0.4) is 0 Å². The first-order valence-electron chi connectivity index (χ1n) is 5.69. The average Bonchev–Trinajstić information content (AvgIpc) is 2.73. The molecule has 1 aliphatic rings. The molecule has 1 fully saturated rings. The van der Waals surface area contributed by atoms with Crippen LogP contribution in [0, 0.1) is 24.2 Å². The minimum absolute atomic E-state index is 0.0809. The van der Waals surface area contributed by atoms with Crippen molar-refractivity contribution in [2.75, 3.05) is 6.54 Å². The number of carbonyl (C=O) groups is 1. The topological polar surface area (TPSA) is 55.1 Å². The second-order valence-electron chi connectivity index (χ2n) is 4.17. The molecule has 0 radical (unpaired) electrons. The lowest BCUT2D eigenvalue weighted by Gasteiger charge is -2.19. The highest BCUT2D eigenvalue weighted by Gasteiger charge is 2.32. The lowest BCUT2D eigenvalue weighted by Crippen LogP contribution is -2.40. The van der Waals surface area contributed by atoms with Gasteiger partial charge in [0.25, 0.3) is 0 Å². The monoisotopic (exact) mass is 208 g/mol. The predicted molar refractivity (Wildman–Crippen MR) is 60.9 cm³/mol. The van der Waals surface area contributed by atoms with E-state index in [1.54, 1.807) is 0 Å². The van der Waals surface area contributed by atoms with E-state index in [1.165, 1.54) is 0 Å². The first-order valence-corrected chi connectivity index (χ1v) is 5.69. The largest absolute Gasteiger partial charge is 0.342 e. The van der Waals surface area contributed by atoms with Gasteiger partial charge in [0.2, 0.25) is 5.91 Å². The Bertz CT molecular complexity index is 257. The zero-order chi connectivity index (χ0) is 11.3. The van der Waals surface area contributed by atoms with Crippen LogP contribution < -0.4 is 11.1 Å². The zero-order valence-corrected chi connectivity index (χ0v) is 9.33. The summed E-state index contributed by atoms with van der Waals surface area (Å²) in [6, 6.07) is -0.128. The van der Waals surface area contributed by atoms with E-state index in [-0.39, 0.29) is 17.9 Å². The normalized spacial score (nSPS) is 27.0. The molecule has 15 heavy (non-hydrogen) atoms. The predicted octanol–water partition coefficient (Wildman–Crippen LogP) is 0.889. The van der Waals surface area contributed by atoms with Gasteiger partial charge in [0.15, 0.2) is 0 Å². The van der Waals surface area contributed by atoms with Crippen molar-refractivity contribution in [2.24, 2.45) is 17.6 Å². The third-order valence-electron chi connectivity index (χ3n) is 3.22. The van der Waals surface area contributed by atoms with Gasteiger partial charge < -0.3 is 11.1 Å². The van der Waals surface area contributed by atoms with Crippen LogP contribution in [-0.2, 0) is 4.79 Å². The average molecular weight is 208 g/mol. The molecule has 3 N–H and O–H groups in total. The second kappa shape index (κ2) is 5.77. The maximum Gasteiger partial charge on any atom is 0.224 e. The highest BCUT2D eigenvalue weighted by Crippen LogP contribution is 2.30. The number of nitrogens with two attached hydrogens (primary N) is 1. The summed E-state index contributed by atoms with van der Waals surface area (Å²) in [6.45, 7) is 2.57. The number of rotatable bonds is 4. The van der Waals surface area contributed by atoms with E-state index >= 15 is 0 Å². The fourth-order valence-corrected chi connectivity index (χ4v) is 2.20. The molecule has 3 unspecified atom stereocenters. The maximum absolute atomic E-state index is 11.9. The summed E-state index contributed by atoms with van der Waals surface area (Å²) in [5.74, 6) is 3.09. The molecule has 0 aromatic heterocycles. The Hall–Kier alpha value is -1.01. The van der Waals surface area contributed by atoms with Crippen molar-refractivity contribution >= 4 is 5.91 Å². The van der Waals surface area contributed by atoms with Crippen molar-refractivity contribution in [3.63, 3.8) is 0 Å². The third-order valence-corrected chi connectivity index (χ3v) is 3.22. The standard InChI is InChI=1S/C12H20N2O/c1-3-10(4-2)14-12(15)11-7-5-6-9(11)8-13/h1,9-11H,4-8,13H2,2H3,(H,14,15). The Morgan fingerprint density at radius 3 is 2.93 bits per heavy atom. The van der Waals surface area contributed by atoms with Gasteiger partial charge in [-0.3, -0.25) is 4.79 Å². The van der Waals surface area contributed by atoms with Crippen LogP contribution in [0.4, 0.5) is 0 Å². The zero-order valence-electron chi connectivity index (χ0n) is 9.33. The molecule has 84 valence electrons. The van der Waals surface area contributed by atoms with Crippen LogP contribution >= 0.6 is 0 Å².